The smallest absolute Gasteiger partial charge is 0.293 e. The van der Waals surface area contributed by atoms with Gasteiger partial charge in [-0.05, 0) is 12.8 Å². The van der Waals surface area contributed by atoms with Crippen molar-refractivity contribution in [2.75, 3.05) is 17.7 Å². The molecule has 0 radical (unpaired) electrons. The molecule has 0 aromatic carbocycles. The average molecular weight is 277 g/mol. The predicted octanol–water partition coefficient (Wildman–Crippen LogP) is 0.0147. The number of nitrogens with two attached hydrogens (primary N) is 1. The number of carbonyl (C=O) groups is 1. The minimum atomic E-state index is -0.411. The summed E-state index contributed by atoms with van der Waals surface area (Å²) in [6.07, 6.45) is 5.65. The van der Waals surface area contributed by atoms with E-state index in [1.807, 2.05) is 0 Å². The lowest BCUT2D eigenvalue weighted by Crippen LogP contribution is -2.15. The second kappa shape index (κ2) is 5.29. The quantitative estimate of drug-likeness (QED) is 0.723. The van der Waals surface area contributed by atoms with Crippen molar-refractivity contribution in [2.45, 2.75) is 25.5 Å². The van der Waals surface area contributed by atoms with Crippen LogP contribution in [0.15, 0.2) is 12.4 Å². The Morgan fingerprint density at radius 2 is 2.55 bits per heavy atom. The average Bonchev–Trinajstić information content (AvgIpc) is 3.13. The Morgan fingerprint density at radius 1 is 1.65 bits per heavy atom. The van der Waals surface area contributed by atoms with Crippen LogP contribution in [0.2, 0.25) is 0 Å². The van der Waals surface area contributed by atoms with E-state index in [2.05, 4.69) is 25.6 Å². The van der Waals surface area contributed by atoms with Crippen molar-refractivity contribution in [1.82, 2.24) is 25.0 Å². The van der Waals surface area contributed by atoms with Crippen LogP contribution in [-0.4, -0.2) is 43.6 Å². The number of H-pyrrole nitrogens is 1. The Labute approximate surface area is 114 Å². The minimum absolute atomic E-state index is 0.0317. The zero-order valence-electron chi connectivity index (χ0n) is 10.7. The summed E-state index contributed by atoms with van der Waals surface area (Å²) >= 11 is 0. The maximum atomic E-state index is 11.8. The van der Waals surface area contributed by atoms with Crippen molar-refractivity contribution < 1.29 is 9.53 Å². The van der Waals surface area contributed by atoms with Gasteiger partial charge in [-0.3, -0.25) is 14.6 Å². The summed E-state index contributed by atoms with van der Waals surface area (Å²) in [4.78, 5) is 15.6. The summed E-state index contributed by atoms with van der Waals surface area (Å²) in [7, 11) is 0. The molecule has 20 heavy (non-hydrogen) atoms. The van der Waals surface area contributed by atoms with Crippen LogP contribution in [0.4, 0.5) is 11.6 Å². The fraction of sp³-hybridized carbons (Fsp3) is 0.455. The number of carbonyl (C=O) groups excluding carboxylic acids is 1. The van der Waals surface area contributed by atoms with Crippen molar-refractivity contribution >= 4 is 17.5 Å². The van der Waals surface area contributed by atoms with Crippen LogP contribution in [0.25, 0.3) is 0 Å². The summed E-state index contributed by atoms with van der Waals surface area (Å²) in [6.45, 7) is 1.49. The van der Waals surface area contributed by atoms with Gasteiger partial charge in [0.2, 0.25) is 11.8 Å². The molecule has 1 aliphatic rings. The second-order valence-corrected chi connectivity index (χ2v) is 4.58. The molecule has 106 valence electrons. The summed E-state index contributed by atoms with van der Waals surface area (Å²) in [5.41, 5.74) is 5.93. The van der Waals surface area contributed by atoms with E-state index >= 15 is 0 Å². The van der Waals surface area contributed by atoms with Crippen molar-refractivity contribution in [2.24, 2.45) is 0 Å². The Bertz CT molecular complexity index is 599. The van der Waals surface area contributed by atoms with Gasteiger partial charge in [0.1, 0.15) is 0 Å². The molecule has 1 atom stereocenters. The first kappa shape index (κ1) is 12.6. The summed E-state index contributed by atoms with van der Waals surface area (Å²) in [5, 5.41) is 12.9. The van der Waals surface area contributed by atoms with E-state index in [-0.39, 0.29) is 17.9 Å². The molecular formula is C11H15N7O2. The molecule has 4 N–H and O–H groups in total. The number of ether oxygens (including phenoxy) is 1. The molecule has 0 saturated carbocycles. The van der Waals surface area contributed by atoms with Gasteiger partial charge >= 0.3 is 0 Å². The van der Waals surface area contributed by atoms with Gasteiger partial charge in [0.05, 0.1) is 24.5 Å². The first-order valence-electron chi connectivity index (χ1n) is 6.34. The molecule has 0 aliphatic carbocycles. The van der Waals surface area contributed by atoms with Crippen LogP contribution in [0.3, 0.4) is 0 Å². The van der Waals surface area contributed by atoms with E-state index in [4.69, 9.17) is 10.5 Å². The third kappa shape index (κ3) is 2.77. The highest BCUT2D eigenvalue weighted by atomic mass is 16.5. The highest BCUT2D eigenvalue weighted by Gasteiger charge is 2.17. The van der Waals surface area contributed by atoms with Crippen molar-refractivity contribution in [1.29, 1.82) is 0 Å². The maximum Gasteiger partial charge on any atom is 0.293 e. The van der Waals surface area contributed by atoms with Crippen LogP contribution in [0, 0.1) is 0 Å². The Morgan fingerprint density at radius 3 is 3.25 bits per heavy atom. The van der Waals surface area contributed by atoms with Crippen LogP contribution in [0.1, 0.15) is 23.5 Å². The summed E-state index contributed by atoms with van der Waals surface area (Å²) in [6, 6.07) is 0. The zero-order chi connectivity index (χ0) is 13.9. The zero-order valence-corrected chi connectivity index (χ0v) is 10.7. The monoisotopic (exact) mass is 277 g/mol. The largest absolute Gasteiger partial charge is 0.376 e. The van der Waals surface area contributed by atoms with E-state index < -0.39 is 5.91 Å². The Kier molecular flexibility index (Phi) is 3.33. The van der Waals surface area contributed by atoms with Crippen molar-refractivity contribution in [3.8, 4) is 0 Å². The SMILES string of the molecule is Nc1n[nH]c(C(=O)Nc2cnn(CC3CCCO3)c2)n1. The first-order chi connectivity index (χ1) is 9.70. The van der Waals surface area contributed by atoms with E-state index in [9.17, 15) is 4.79 Å². The van der Waals surface area contributed by atoms with E-state index in [1.54, 1.807) is 17.1 Å². The molecule has 3 heterocycles. The number of nitrogen functional groups attached to an aromatic ring is 1. The number of nitrogens with zero attached hydrogens (tertiary/aromatic N) is 4. The second-order valence-electron chi connectivity index (χ2n) is 4.58. The number of rotatable bonds is 4. The normalized spacial score (nSPS) is 18.3. The third-order valence-electron chi connectivity index (χ3n) is 3.02. The fourth-order valence-electron chi connectivity index (χ4n) is 2.09. The van der Waals surface area contributed by atoms with E-state index in [1.165, 1.54) is 0 Å². The van der Waals surface area contributed by atoms with Crippen LogP contribution in [-0.2, 0) is 11.3 Å². The summed E-state index contributed by atoms with van der Waals surface area (Å²) < 4.78 is 7.28. The number of hydrogen-bond acceptors (Lipinski definition) is 6. The molecule has 1 amide bonds. The van der Waals surface area contributed by atoms with Gasteiger partial charge in [-0.15, -0.1) is 5.10 Å². The van der Waals surface area contributed by atoms with Crippen molar-refractivity contribution in [3.63, 3.8) is 0 Å². The lowest BCUT2D eigenvalue weighted by Gasteiger charge is -2.08. The van der Waals surface area contributed by atoms with Gasteiger partial charge in [-0.1, -0.05) is 0 Å². The first-order valence-corrected chi connectivity index (χ1v) is 6.34. The summed E-state index contributed by atoms with van der Waals surface area (Å²) in [5.74, 6) is -0.315. The van der Waals surface area contributed by atoms with Crippen LogP contribution >= 0.6 is 0 Å². The van der Waals surface area contributed by atoms with Crippen LogP contribution < -0.4 is 11.1 Å². The molecule has 0 spiro atoms. The molecule has 1 fully saturated rings. The molecule has 1 saturated heterocycles. The highest BCUT2D eigenvalue weighted by Crippen LogP contribution is 2.15. The number of amides is 1. The number of nitrogens with one attached hydrogen (secondary N) is 2. The molecule has 9 nitrogen and oxygen atoms in total. The molecule has 1 aliphatic heterocycles. The van der Waals surface area contributed by atoms with Crippen LogP contribution in [0.5, 0.6) is 0 Å². The Hall–Kier alpha value is -2.42. The standard InChI is InChI=1S/C11H15N7O2/c12-11-15-9(16-17-11)10(19)14-7-4-13-18(5-7)6-8-2-1-3-20-8/h4-5,8H,1-3,6H2,(H,14,19)(H3,12,15,16,17). The van der Waals surface area contributed by atoms with Gasteiger partial charge in [0, 0.05) is 12.8 Å². The topological polar surface area (TPSA) is 124 Å². The lowest BCUT2D eigenvalue weighted by atomic mass is 10.2. The van der Waals surface area contributed by atoms with Gasteiger partial charge in [0.25, 0.3) is 5.91 Å². The Balaban J connectivity index is 1.60. The molecule has 3 rings (SSSR count). The number of aromatic nitrogens is 5. The highest BCUT2D eigenvalue weighted by molar-refractivity contribution is 6.01. The van der Waals surface area contributed by atoms with Gasteiger partial charge in [-0.2, -0.15) is 10.1 Å². The number of anilines is 2. The number of aromatic amines is 1. The fourth-order valence-corrected chi connectivity index (χ4v) is 2.09. The van der Waals surface area contributed by atoms with Gasteiger partial charge in [-0.25, -0.2) is 0 Å². The maximum absolute atomic E-state index is 11.8. The minimum Gasteiger partial charge on any atom is -0.376 e. The molecule has 2 aromatic rings. The molecule has 0 bridgehead atoms. The lowest BCUT2D eigenvalue weighted by molar-refractivity contribution is 0.0940. The van der Waals surface area contributed by atoms with Gasteiger partial charge in [0.15, 0.2) is 0 Å². The predicted molar refractivity (Wildman–Crippen MR) is 69.9 cm³/mol. The van der Waals surface area contributed by atoms with Gasteiger partial charge < -0.3 is 15.8 Å². The van der Waals surface area contributed by atoms with Crippen molar-refractivity contribution in [3.05, 3.63) is 18.2 Å². The molecular weight excluding hydrogens is 262 g/mol. The van der Waals surface area contributed by atoms with E-state index in [0.29, 0.717) is 12.2 Å². The van der Waals surface area contributed by atoms with E-state index in [0.717, 1.165) is 19.4 Å². The third-order valence-corrected chi connectivity index (χ3v) is 3.02. The number of hydrogen-bond donors (Lipinski definition) is 3. The molecule has 1 unspecified atom stereocenters. The molecule has 2 aromatic heterocycles. The molecule has 9 heteroatoms.